The molecule has 0 atom stereocenters. The molecule has 2 rings (SSSR count). The molecule has 1 heterocycles. The maximum Gasteiger partial charge on any atom is 0.210 e. The van der Waals surface area contributed by atoms with E-state index in [-0.39, 0.29) is 5.78 Å². The predicted molar refractivity (Wildman–Crippen MR) is 74.6 cm³/mol. The third-order valence-electron chi connectivity index (χ3n) is 3.48. The van der Waals surface area contributed by atoms with Gasteiger partial charge >= 0.3 is 0 Å². The Morgan fingerprint density at radius 2 is 1.78 bits per heavy atom. The number of H-pyrrole nitrogens is 1. The highest BCUT2D eigenvalue weighted by molar-refractivity contribution is 6.35. The lowest BCUT2D eigenvalue weighted by Gasteiger charge is -2.05. The van der Waals surface area contributed by atoms with Crippen LogP contribution in [0, 0.1) is 27.7 Å². The van der Waals surface area contributed by atoms with Gasteiger partial charge < -0.3 is 4.98 Å². The van der Waals surface area contributed by atoms with Crippen LogP contribution >= 0.6 is 11.6 Å². The normalized spacial score (nSPS) is 10.7. The van der Waals surface area contributed by atoms with Gasteiger partial charge in [0.15, 0.2) is 0 Å². The van der Waals surface area contributed by atoms with Crippen molar-refractivity contribution >= 4 is 17.4 Å². The van der Waals surface area contributed by atoms with Crippen LogP contribution in [0.4, 0.5) is 0 Å². The van der Waals surface area contributed by atoms with E-state index in [0.29, 0.717) is 16.3 Å². The molecule has 94 valence electrons. The zero-order chi connectivity index (χ0) is 13.4. The number of ketones is 1. The van der Waals surface area contributed by atoms with Crippen molar-refractivity contribution in [2.75, 3.05) is 0 Å². The fraction of sp³-hybridized carbons (Fsp3) is 0.267. The van der Waals surface area contributed by atoms with Crippen LogP contribution in [0.2, 0.25) is 5.02 Å². The molecule has 1 aromatic carbocycles. The van der Waals surface area contributed by atoms with Crippen molar-refractivity contribution in [1.29, 1.82) is 0 Å². The highest BCUT2D eigenvalue weighted by Crippen LogP contribution is 2.25. The smallest absolute Gasteiger partial charge is 0.210 e. The van der Waals surface area contributed by atoms with Gasteiger partial charge in [-0.25, -0.2) is 0 Å². The Hall–Kier alpha value is -1.54. The van der Waals surface area contributed by atoms with E-state index in [0.717, 1.165) is 22.4 Å². The molecule has 3 heteroatoms. The van der Waals surface area contributed by atoms with E-state index in [1.54, 1.807) is 6.07 Å². The fourth-order valence-electron chi connectivity index (χ4n) is 2.03. The zero-order valence-corrected chi connectivity index (χ0v) is 11.8. The van der Waals surface area contributed by atoms with Crippen molar-refractivity contribution in [1.82, 2.24) is 4.98 Å². The van der Waals surface area contributed by atoms with E-state index >= 15 is 0 Å². The summed E-state index contributed by atoms with van der Waals surface area (Å²) in [5.74, 6) is -0.0441. The van der Waals surface area contributed by atoms with Gasteiger partial charge in [-0.1, -0.05) is 23.7 Å². The summed E-state index contributed by atoms with van der Waals surface area (Å²) in [4.78, 5) is 15.6. The van der Waals surface area contributed by atoms with E-state index in [2.05, 4.69) is 4.98 Å². The number of hydrogen-bond donors (Lipinski definition) is 1. The topological polar surface area (TPSA) is 32.9 Å². The maximum absolute atomic E-state index is 12.5. The van der Waals surface area contributed by atoms with Gasteiger partial charge in [0, 0.05) is 11.3 Å². The molecule has 2 nitrogen and oxygen atoms in total. The third-order valence-corrected chi connectivity index (χ3v) is 3.98. The van der Waals surface area contributed by atoms with E-state index in [9.17, 15) is 4.79 Å². The average molecular weight is 262 g/mol. The number of benzene rings is 1. The summed E-state index contributed by atoms with van der Waals surface area (Å²) >= 11 is 6.20. The minimum absolute atomic E-state index is 0.0441. The Bertz CT molecular complexity index is 626. The van der Waals surface area contributed by atoms with Crippen LogP contribution in [0.5, 0.6) is 0 Å². The van der Waals surface area contributed by atoms with Crippen LogP contribution in [0.15, 0.2) is 18.2 Å². The molecule has 0 saturated heterocycles. The van der Waals surface area contributed by atoms with Crippen LogP contribution in [0.3, 0.4) is 0 Å². The minimum Gasteiger partial charge on any atom is -0.356 e. The highest BCUT2D eigenvalue weighted by Gasteiger charge is 2.19. The number of carbonyl (C=O) groups excluding carboxylic acids is 1. The summed E-state index contributed by atoms with van der Waals surface area (Å²) in [6, 6.07) is 5.52. The molecule has 0 radical (unpaired) electrons. The van der Waals surface area contributed by atoms with E-state index < -0.39 is 0 Å². The van der Waals surface area contributed by atoms with Crippen LogP contribution in [0.1, 0.15) is 38.4 Å². The molecule has 18 heavy (non-hydrogen) atoms. The SMILES string of the molecule is Cc1cccc(C(=O)c2[nH]c(C)c(C)c2C)c1Cl. The van der Waals surface area contributed by atoms with Crippen molar-refractivity contribution in [3.63, 3.8) is 0 Å². The molecule has 0 fully saturated rings. The zero-order valence-electron chi connectivity index (χ0n) is 11.0. The molecule has 1 aromatic heterocycles. The van der Waals surface area contributed by atoms with Gasteiger partial charge in [0.05, 0.1) is 10.7 Å². The monoisotopic (exact) mass is 261 g/mol. The second-order valence-electron chi connectivity index (χ2n) is 4.64. The first-order chi connectivity index (χ1) is 8.43. The minimum atomic E-state index is -0.0441. The predicted octanol–water partition coefficient (Wildman–Crippen LogP) is 4.13. The quantitative estimate of drug-likeness (QED) is 0.810. The molecule has 0 aliphatic heterocycles. The van der Waals surface area contributed by atoms with Gasteiger partial charge in [0.25, 0.3) is 0 Å². The molecule has 0 saturated carbocycles. The lowest BCUT2D eigenvalue weighted by molar-refractivity contribution is 0.103. The first kappa shape index (κ1) is 12.9. The summed E-state index contributed by atoms with van der Waals surface area (Å²) < 4.78 is 0. The van der Waals surface area contributed by atoms with Crippen molar-refractivity contribution in [3.05, 3.63) is 56.9 Å². The Morgan fingerprint density at radius 3 is 2.33 bits per heavy atom. The molecule has 1 N–H and O–H groups in total. The number of halogens is 1. The molecular weight excluding hydrogens is 246 g/mol. The lowest BCUT2D eigenvalue weighted by Crippen LogP contribution is -2.05. The summed E-state index contributed by atoms with van der Waals surface area (Å²) in [5, 5.41) is 0.534. The molecule has 0 aliphatic carbocycles. The third kappa shape index (κ3) is 1.97. The van der Waals surface area contributed by atoms with Gasteiger partial charge in [-0.2, -0.15) is 0 Å². The van der Waals surface area contributed by atoms with Crippen molar-refractivity contribution in [2.45, 2.75) is 27.7 Å². The largest absolute Gasteiger partial charge is 0.356 e. The van der Waals surface area contributed by atoms with Crippen LogP contribution < -0.4 is 0 Å². The molecule has 2 aromatic rings. The van der Waals surface area contributed by atoms with Crippen LogP contribution in [-0.4, -0.2) is 10.8 Å². The Balaban J connectivity index is 2.55. The first-order valence-corrected chi connectivity index (χ1v) is 6.27. The summed E-state index contributed by atoms with van der Waals surface area (Å²) in [7, 11) is 0. The molecule has 0 unspecified atom stereocenters. The van der Waals surface area contributed by atoms with E-state index in [1.807, 2.05) is 39.8 Å². The van der Waals surface area contributed by atoms with Gasteiger partial charge in [-0.05, 0) is 50.5 Å². The number of aryl methyl sites for hydroxylation is 2. The molecule has 0 amide bonds. The van der Waals surface area contributed by atoms with E-state index in [1.165, 1.54) is 0 Å². The summed E-state index contributed by atoms with van der Waals surface area (Å²) in [5.41, 5.74) is 5.26. The van der Waals surface area contributed by atoms with Crippen LogP contribution in [0.25, 0.3) is 0 Å². The average Bonchev–Trinajstić information content (AvgIpc) is 2.60. The highest BCUT2D eigenvalue weighted by atomic mass is 35.5. The first-order valence-electron chi connectivity index (χ1n) is 5.89. The van der Waals surface area contributed by atoms with Gasteiger partial charge in [0.1, 0.15) is 0 Å². The Labute approximate surface area is 112 Å². The summed E-state index contributed by atoms with van der Waals surface area (Å²) in [6.45, 7) is 7.83. The number of rotatable bonds is 2. The number of aromatic amines is 1. The number of carbonyl (C=O) groups is 1. The van der Waals surface area contributed by atoms with E-state index in [4.69, 9.17) is 11.6 Å². The summed E-state index contributed by atoms with van der Waals surface area (Å²) in [6.07, 6.45) is 0. The molecule has 0 spiro atoms. The number of aromatic nitrogens is 1. The Morgan fingerprint density at radius 1 is 1.11 bits per heavy atom. The molecule has 0 aliphatic rings. The second-order valence-corrected chi connectivity index (χ2v) is 5.02. The van der Waals surface area contributed by atoms with Gasteiger partial charge in [0.2, 0.25) is 5.78 Å². The Kier molecular flexibility index (Phi) is 3.31. The van der Waals surface area contributed by atoms with Crippen molar-refractivity contribution in [3.8, 4) is 0 Å². The number of hydrogen-bond acceptors (Lipinski definition) is 1. The van der Waals surface area contributed by atoms with Crippen molar-refractivity contribution < 1.29 is 4.79 Å². The van der Waals surface area contributed by atoms with Gasteiger partial charge in [-0.3, -0.25) is 4.79 Å². The van der Waals surface area contributed by atoms with Crippen LogP contribution in [-0.2, 0) is 0 Å². The number of nitrogens with one attached hydrogen (secondary N) is 1. The molecular formula is C15H16ClNO. The second kappa shape index (κ2) is 4.62. The standard InChI is InChI=1S/C15H16ClNO/c1-8-6-5-7-12(13(8)16)15(18)14-10(3)9(2)11(4)17-14/h5-7,17H,1-4H3. The maximum atomic E-state index is 12.5. The fourth-order valence-corrected chi connectivity index (χ4v) is 2.24. The van der Waals surface area contributed by atoms with Crippen molar-refractivity contribution in [2.24, 2.45) is 0 Å². The molecule has 0 bridgehead atoms. The lowest BCUT2D eigenvalue weighted by atomic mass is 10.0. The van der Waals surface area contributed by atoms with Gasteiger partial charge in [-0.15, -0.1) is 0 Å².